The molecule has 1 unspecified atom stereocenters. The van der Waals surface area contributed by atoms with Crippen molar-refractivity contribution in [2.75, 3.05) is 56.0 Å². The second-order valence-electron chi connectivity index (χ2n) is 9.73. The van der Waals surface area contributed by atoms with E-state index in [9.17, 15) is 4.79 Å². The molecular weight excluding hydrogens is 422 g/mol. The Balaban J connectivity index is 1.64. The third-order valence-electron chi connectivity index (χ3n) is 7.15. The molecule has 0 amide bonds. The highest BCUT2D eigenvalue weighted by atomic mass is 16.6. The number of cyclic esters (lactones) is 1. The largest absolute Gasteiger partial charge is 0.441 e. The smallest absolute Gasteiger partial charge is 0.340 e. The van der Waals surface area contributed by atoms with Crippen LogP contribution in [0.2, 0.25) is 0 Å². The zero-order valence-corrected chi connectivity index (χ0v) is 20.5. The van der Waals surface area contributed by atoms with Crippen LogP contribution >= 0.6 is 0 Å². The molecule has 0 spiro atoms. The highest BCUT2D eigenvalue weighted by molar-refractivity contribution is 5.97. The van der Waals surface area contributed by atoms with Crippen molar-refractivity contribution in [1.82, 2.24) is 0 Å². The number of esters is 1. The monoisotopic (exact) mass is 455 g/mol. The Bertz CT molecular complexity index is 1180. The van der Waals surface area contributed by atoms with Crippen LogP contribution in [0.4, 0.5) is 17.1 Å². The summed E-state index contributed by atoms with van der Waals surface area (Å²) in [5.74, 6) is -0.282. The van der Waals surface area contributed by atoms with Crippen molar-refractivity contribution in [3.8, 4) is 0 Å². The predicted octanol–water partition coefficient (Wildman–Crippen LogP) is 5.27. The second-order valence-corrected chi connectivity index (χ2v) is 9.73. The van der Waals surface area contributed by atoms with Gasteiger partial charge in [0.1, 0.15) is 0 Å². The molecule has 2 aliphatic heterocycles. The van der Waals surface area contributed by atoms with Gasteiger partial charge in [-0.15, -0.1) is 0 Å². The molecule has 34 heavy (non-hydrogen) atoms. The highest BCUT2D eigenvalue weighted by Crippen LogP contribution is 2.48. The molecule has 3 aromatic carbocycles. The molecule has 5 rings (SSSR count). The van der Waals surface area contributed by atoms with Gasteiger partial charge in [-0.3, -0.25) is 0 Å². The van der Waals surface area contributed by atoms with Crippen molar-refractivity contribution in [2.45, 2.75) is 24.9 Å². The summed E-state index contributed by atoms with van der Waals surface area (Å²) in [6.45, 7) is 2.20. The van der Waals surface area contributed by atoms with Gasteiger partial charge in [0, 0.05) is 75.0 Å². The molecular formula is C29H33N3O2. The van der Waals surface area contributed by atoms with Crippen molar-refractivity contribution in [1.29, 1.82) is 0 Å². The Labute approximate surface area is 202 Å². The lowest BCUT2D eigenvalue weighted by molar-refractivity contribution is 0.0251. The van der Waals surface area contributed by atoms with Crippen LogP contribution in [-0.2, 0) is 10.3 Å². The quantitative estimate of drug-likeness (QED) is 0.490. The van der Waals surface area contributed by atoms with E-state index in [-0.39, 0.29) is 5.97 Å². The summed E-state index contributed by atoms with van der Waals surface area (Å²) in [4.78, 5) is 19.8. The topological polar surface area (TPSA) is 36.0 Å². The zero-order valence-electron chi connectivity index (χ0n) is 20.5. The van der Waals surface area contributed by atoms with E-state index >= 15 is 0 Å². The maximum absolute atomic E-state index is 13.2. The summed E-state index contributed by atoms with van der Waals surface area (Å²) >= 11 is 0. The lowest BCUT2D eigenvalue weighted by Gasteiger charge is -2.32. The average molecular weight is 456 g/mol. The molecule has 0 aromatic heterocycles. The van der Waals surface area contributed by atoms with E-state index in [1.165, 1.54) is 24.9 Å². The first-order valence-electron chi connectivity index (χ1n) is 12.1. The molecule has 5 heteroatoms. The first-order chi connectivity index (χ1) is 16.4. The van der Waals surface area contributed by atoms with Gasteiger partial charge in [0.05, 0.1) is 5.56 Å². The number of benzene rings is 3. The first-order valence-corrected chi connectivity index (χ1v) is 12.1. The zero-order chi connectivity index (χ0) is 23.9. The minimum absolute atomic E-state index is 0.282. The van der Waals surface area contributed by atoms with Crippen LogP contribution in [0.25, 0.3) is 0 Å². The number of rotatable bonds is 5. The number of carbonyl (C=O) groups is 1. The number of ether oxygens (including phenoxy) is 1. The van der Waals surface area contributed by atoms with E-state index in [1.54, 1.807) is 0 Å². The molecule has 176 valence electrons. The van der Waals surface area contributed by atoms with Crippen LogP contribution in [-0.4, -0.2) is 47.2 Å². The van der Waals surface area contributed by atoms with E-state index < -0.39 is 5.60 Å². The first kappa shape index (κ1) is 22.3. The average Bonchev–Trinajstić information content (AvgIpc) is 3.17. The van der Waals surface area contributed by atoms with Gasteiger partial charge in [-0.2, -0.15) is 0 Å². The van der Waals surface area contributed by atoms with E-state index in [4.69, 9.17) is 4.74 Å². The van der Waals surface area contributed by atoms with Gasteiger partial charge in [-0.1, -0.05) is 30.3 Å². The summed E-state index contributed by atoms with van der Waals surface area (Å²) in [7, 11) is 8.01. The van der Waals surface area contributed by atoms with E-state index in [2.05, 4.69) is 64.4 Å². The molecule has 2 heterocycles. The maximum Gasteiger partial charge on any atom is 0.340 e. The van der Waals surface area contributed by atoms with Crippen LogP contribution in [0.15, 0.2) is 66.7 Å². The fourth-order valence-electron chi connectivity index (χ4n) is 5.18. The molecule has 0 aliphatic carbocycles. The fraction of sp³-hybridized carbons (Fsp3) is 0.345. The number of fused-ring (bicyclic) bond motifs is 1. The minimum Gasteiger partial charge on any atom is -0.441 e. The number of nitrogens with zero attached hydrogens (tertiary/aromatic N) is 3. The predicted molar refractivity (Wildman–Crippen MR) is 139 cm³/mol. The third-order valence-corrected chi connectivity index (χ3v) is 7.15. The fourth-order valence-corrected chi connectivity index (χ4v) is 5.18. The summed E-state index contributed by atoms with van der Waals surface area (Å²) in [5, 5.41) is 0. The Morgan fingerprint density at radius 2 is 1.29 bits per heavy atom. The second kappa shape index (κ2) is 8.71. The van der Waals surface area contributed by atoms with E-state index in [1.807, 2.05) is 45.2 Å². The molecule has 2 aliphatic rings. The number of hydrogen-bond acceptors (Lipinski definition) is 5. The van der Waals surface area contributed by atoms with Crippen molar-refractivity contribution in [2.24, 2.45) is 0 Å². The van der Waals surface area contributed by atoms with Crippen LogP contribution in [0.1, 0.15) is 46.3 Å². The van der Waals surface area contributed by atoms with E-state index in [0.29, 0.717) is 5.56 Å². The standard InChI is InChI=1S/C29H33N3O2/c1-30(2)23-12-8-21(9-13-23)29(22-10-14-24(15-11-22)32-18-6-5-7-19-32)27-17-16-25(31(3)4)20-26(27)28(33)34-29/h8-17,20H,5-7,18-19H2,1-4H3. The number of piperidine rings is 1. The number of anilines is 3. The molecule has 0 N–H and O–H groups in total. The van der Waals surface area contributed by atoms with Crippen LogP contribution < -0.4 is 14.7 Å². The summed E-state index contributed by atoms with van der Waals surface area (Å²) in [6.07, 6.45) is 3.79. The normalized spacial score (nSPS) is 19.5. The van der Waals surface area contributed by atoms with Crippen molar-refractivity contribution >= 4 is 23.0 Å². The highest BCUT2D eigenvalue weighted by Gasteiger charge is 2.48. The van der Waals surface area contributed by atoms with Crippen LogP contribution in [0, 0.1) is 0 Å². The van der Waals surface area contributed by atoms with Crippen molar-refractivity contribution in [3.05, 3.63) is 89.0 Å². The number of carbonyl (C=O) groups excluding carboxylic acids is 1. The molecule has 0 bridgehead atoms. The Morgan fingerprint density at radius 1 is 0.735 bits per heavy atom. The summed E-state index contributed by atoms with van der Waals surface area (Å²) in [5.41, 5.74) is 5.79. The van der Waals surface area contributed by atoms with E-state index in [0.717, 1.165) is 41.2 Å². The molecule has 1 saturated heterocycles. The minimum atomic E-state index is -0.970. The molecule has 1 atom stereocenters. The van der Waals surface area contributed by atoms with Gasteiger partial charge in [-0.25, -0.2) is 4.79 Å². The lowest BCUT2D eigenvalue weighted by atomic mass is 9.79. The molecule has 0 saturated carbocycles. The molecule has 5 nitrogen and oxygen atoms in total. The van der Waals surface area contributed by atoms with Crippen molar-refractivity contribution in [3.63, 3.8) is 0 Å². The van der Waals surface area contributed by atoms with Gasteiger partial charge in [-0.05, 0) is 55.7 Å². The maximum atomic E-state index is 13.2. The Morgan fingerprint density at radius 3 is 1.88 bits per heavy atom. The van der Waals surface area contributed by atoms with Crippen molar-refractivity contribution < 1.29 is 9.53 Å². The molecule has 1 fully saturated rings. The van der Waals surface area contributed by atoms with Gasteiger partial charge < -0.3 is 19.4 Å². The Hall–Kier alpha value is -3.47. The Kier molecular flexibility index (Phi) is 5.72. The lowest BCUT2D eigenvalue weighted by Crippen LogP contribution is -2.31. The SMILES string of the molecule is CN(C)c1ccc(C2(c3ccc(N4CCCCC4)cc3)OC(=O)c3cc(N(C)C)ccc32)cc1. The van der Waals surface area contributed by atoms with Gasteiger partial charge in [0.15, 0.2) is 5.60 Å². The number of hydrogen-bond donors (Lipinski definition) is 0. The molecule has 0 radical (unpaired) electrons. The van der Waals surface area contributed by atoms with Crippen LogP contribution in [0.3, 0.4) is 0 Å². The van der Waals surface area contributed by atoms with Gasteiger partial charge in [0.2, 0.25) is 0 Å². The summed E-state index contributed by atoms with van der Waals surface area (Å²) in [6, 6.07) is 23.0. The van der Waals surface area contributed by atoms with Crippen LogP contribution in [0.5, 0.6) is 0 Å². The van der Waals surface area contributed by atoms with Gasteiger partial charge >= 0.3 is 5.97 Å². The third kappa shape index (κ3) is 3.69. The molecule has 3 aromatic rings. The summed E-state index contributed by atoms with van der Waals surface area (Å²) < 4.78 is 6.33. The van der Waals surface area contributed by atoms with Gasteiger partial charge in [0.25, 0.3) is 0 Å².